The predicted molar refractivity (Wildman–Crippen MR) is 80.7 cm³/mol. The molecule has 2 heterocycles. The Bertz CT molecular complexity index is 535. The zero-order chi connectivity index (χ0) is 15.4. The number of hydrogen-bond donors (Lipinski definition) is 1. The summed E-state index contributed by atoms with van der Waals surface area (Å²) >= 11 is 6.10. The van der Waals surface area contributed by atoms with Crippen LogP contribution in [0, 0.1) is 5.92 Å². The molecule has 2 atom stereocenters. The highest BCUT2D eigenvalue weighted by atomic mass is 35.5. The van der Waals surface area contributed by atoms with Crippen molar-refractivity contribution in [2.24, 2.45) is 5.92 Å². The summed E-state index contributed by atoms with van der Waals surface area (Å²) in [7, 11) is 0. The molecule has 0 spiro atoms. The third-order valence-electron chi connectivity index (χ3n) is 3.93. The van der Waals surface area contributed by atoms with Crippen LogP contribution >= 0.6 is 11.6 Å². The van der Waals surface area contributed by atoms with Crippen molar-refractivity contribution in [2.45, 2.75) is 39.3 Å². The quantitative estimate of drug-likeness (QED) is 0.925. The topological polar surface area (TPSA) is 62.3 Å². The second-order valence-electron chi connectivity index (χ2n) is 5.41. The van der Waals surface area contributed by atoms with Gasteiger partial charge < -0.3 is 10.2 Å². The van der Waals surface area contributed by atoms with Crippen molar-refractivity contribution in [1.29, 1.82) is 0 Å². The van der Waals surface area contributed by atoms with Crippen LogP contribution in [0.15, 0.2) is 18.5 Å². The van der Waals surface area contributed by atoms with Crippen LogP contribution in [-0.4, -0.2) is 34.3 Å². The average molecular weight is 310 g/mol. The van der Waals surface area contributed by atoms with Crippen molar-refractivity contribution in [1.82, 2.24) is 15.2 Å². The van der Waals surface area contributed by atoms with Crippen LogP contribution in [0.1, 0.15) is 32.3 Å². The molecule has 1 aromatic rings. The summed E-state index contributed by atoms with van der Waals surface area (Å²) < 4.78 is 0. The summed E-state index contributed by atoms with van der Waals surface area (Å²) in [5.74, 6) is -0.00461. The number of nitrogens with one attached hydrogen (secondary N) is 1. The molecule has 0 aliphatic carbocycles. The molecule has 1 fully saturated rings. The zero-order valence-corrected chi connectivity index (χ0v) is 13.1. The molecule has 6 heteroatoms. The van der Waals surface area contributed by atoms with Gasteiger partial charge in [0, 0.05) is 31.9 Å². The minimum Gasteiger partial charge on any atom is -0.344 e. The first-order valence-corrected chi connectivity index (χ1v) is 7.57. The van der Waals surface area contributed by atoms with E-state index in [0.29, 0.717) is 24.5 Å². The van der Waals surface area contributed by atoms with Crippen molar-refractivity contribution in [2.75, 3.05) is 6.54 Å². The number of carbonyl (C=O) groups is 2. The second-order valence-corrected chi connectivity index (χ2v) is 5.81. The Balaban J connectivity index is 2.20. The molecule has 1 saturated heterocycles. The lowest BCUT2D eigenvalue weighted by Gasteiger charge is -2.27. The number of halogens is 1. The first-order valence-electron chi connectivity index (χ1n) is 7.19. The van der Waals surface area contributed by atoms with Gasteiger partial charge in [0.25, 0.3) is 0 Å². The molecule has 1 aliphatic rings. The molecule has 21 heavy (non-hydrogen) atoms. The van der Waals surface area contributed by atoms with E-state index < -0.39 is 6.04 Å². The van der Waals surface area contributed by atoms with Crippen LogP contribution < -0.4 is 5.32 Å². The van der Waals surface area contributed by atoms with E-state index in [1.165, 1.54) is 0 Å². The average Bonchev–Trinajstić information content (AvgIpc) is 2.62. The Labute approximate surface area is 129 Å². The standard InChI is InChI=1S/C15H20ClN3O2/c1-3-10(2)14-15(21)19(7-5-13(20)18-14)9-11-4-6-17-8-12(11)16/h4,6,8,10,14H,3,5,7,9H2,1-2H3,(H,18,20). The van der Waals surface area contributed by atoms with Crippen molar-refractivity contribution in [3.8, 4) is 0 Å². The van der Waals surface area contributed by atoms with Crippen LogP contribution in [0.25, 0.3) is 0 Å². The zero-order valence-electron chi connectivity index (χ0n) is 12.3. The summed E-state index contributed by atoms with van der Waals surface area (Å²) in [6.45, 7) is 4.81. The van der Waals surface area contributed by atoms with Crippen LogP contribution in [-0.2, 0) is 16.1 Å². The molecule has 0 bridgehead atoms. The third-order valence-corrected chi connectivity index (χ3v) is 4.27. The molecule has 2 rings (SSSR count). The van der Waals surface area contributed by atoms with E-state index in [1.807, 2.05) is 13.8 Å². The molecule has 1 N–H and O–H groups in total. The minimum atomic E-state index is -0.453. The van der Waals surface area contributed by atoms with Crippen molar-refractivity contribution in [3.05, 3.63) is 29.0 Å². The van der Waals surface area contributed by atoms with E-state index >= 15 is 0 Å². The Morgan fingerprint density at radius 1 is 1.52 bits per heavy atom. The molecule has 0 aromatic carbocycles. The van der Waals surface area contributed by atoms with Crippen LogP contribution in [0.2, 0.25) is 5.02 Å². The second kappa shape index (κ2) is 6.89. The minimum absolute atomic E-state index is 0.0388. The van der Waals surface area contributed by atoms with Crippen LogP contribution in [0.4, 0.5) is 0 Å². The van der Waals surface area contributed by atoms with Crippen LogP contribution in [0.5, 0.6) is 0 Å². The summed E-state index contributed by atoms with van der Waals surface area (Å²) in [6.07, 6.45) is 4.37. The predicted octanol–water partition coefficient (Wildman–Crippen LogP) is 2.00. The van der Waals surface area contributed by atoms with Crippen molar-refractivity contribution >= 4 is 23.4 Å². The van der Waals surface area contributed by atoms with Gasteiger partial charge in [0.05, 0.1) is 5.02 Å². The maximum atomic E-state index is 12.7. The van der Waals surface area contributed by atoms with Gasteiger partial charge in [-0.3, -0.25) is 14.6 Å². The summed E-state index contributed by atoms with van der Waals surface area (Å²) in [5, 5.41) is 3.37. The molecule has 1 aromatic heterocycles. The number of hydrogen-bond acceptors (Lipinski definition) is 3. The summed E-state index contributed by atoms with van der Waals surface area (Å²) in [5.41, 5.74) is 0.845. The SMILES string of the molecule is CCC(C)C1NC(=O)CCN(Cc2ccncc2Cl)C1=O. The van der Waals surface area contributed by atoms with Crippen molar-refractivity contribution in [3.63, 3.8) is 0 Å². The number of aromatic nitrogens is 1. The lowest BCUT2D eigenvalue weighted by Crippen LogP contribution is -2.48. The number of rotatable bonds is 4. The molecular formula is C15H20ClN3O2. The van der Waals surface area contributed by atoms with Crippen molar-refractivity contribution < 1.29 is 9.59 Å². The first kappa shape index (κ1) is 15.8. The number of amides is 2. The Hall–Kier alpha value is -1.62. The molecule has 114 valence electrons. The third kappa shape index (κ3) is 3.73. The van der Waals surface area contributed by atoms with Gasteiger partial charge in [0.2, 0.25) is 11.8 Å². The highest BCUT2D eigenvalue weighted by molar-refractivity contribution is 6.31. The number of nitrogens with zero attached hydrogens (tertiary/aromatic N) is 2. The molecule has 2 amide bonds. The highest BCUT2D eigenvalue weighted by Gasteiger charge is 2.33. The maximum Gasteiger partial charge on any atom is 0.245 e. The largest absolute Gasteiger partial charge is 0.344 e. The fraction of sp³-hybridized carbons (Fsp3) is 0.533. The maximum absolute atomic E-state index is 12.7. The van der Waals surface area contributed by atoms with Gasteiger partial charge in [-0.15, -0.1) is 0 Å². The molecule has 1 aliphatic heterocycles. The van der Waals surface area contributed by atoms with E-state index in [1.54, 1.807) is 23.4 Å². The molecule has 0 radical (unpaired) electrons. The molecular weight excluding hydrogens is 290 g/mol. The number of pyridine rings is 1. The van der Waals surface area contributed by atoms with Crippen LogP contribution in [0.3, 0.4) is 0 Å². The van der Waals surface area contributed by atoms with E-state index in [9.17, 15) is 9.59 Å². The summed E-state index contributed by atoms with van der Waals surface area (Å²) in [4.78, 5) is 30.1. The normalized spacial score (nSPS) is 20.9. The van der Waals surface area contributed by atoms with Gasteiger partial charge in [-0.25, -0.2) is 0 Å². The smallest absolute Gasteiger partial charge is 0.245 e. The van der Waals surface area contributed by atoms with Gasteiger partial charge in [0.15, 0.2) is 0 Å². The highest BCUT2D eigenvalue weighted by Crippen LogP contribution is 2.20. The lowest BCUT2D eigenvalue weighted by molar-refractivity contribution is -0.135. The first-order chi connectivity index (χ1) is 10.0. The Morgan fingerprint density at radius 2 is 2.29 bits per heavy atom. The van der Waals surface area contributed by atoms with Gasteiger partial charge in [-0.1, -0.05) is 31.9 Å². The lowest BCUT2D eigenvalue weighted by atomic mass is 9.98. The van der Waals surface area contributed by atoms with Gasteiger partial charge in [-0.05, 0) is 17.5 Å². The van der Waals surface area contributed by atoms with E-state index in [0.717, 1.165) is 12.0 Å². The van der Waals surface area contributed by atoms with Gasteiger partial charge in [0.1, 0.15) is 6.04 Å². The molecule has 5 nitrogen and oxygen atoms in total. The van der Waals surface area contributed by atoms with Gasteiger partial charge in [-0.2, -0.15) is 0 Å². The molecule has 2 unspecified atom stereocenters. The monoisotopic (exact) mass is 309 g/mol. The Morgan fingerprint density at radius 3 is 2.95 bits per heavy atom. The van der Waals surface area contributed by atoms with E-state index in [2.05, 4.69) is 10.3 Å². The fourth-order valence-corrected chi connectivity index (χ4v) is 2.55. The fourth-order valence-electron chi connectivity index (χ4n) is 2.37. The number of carbonyl (C=O) groups excluding carboxylic acids is 2. The van der Waals surface area contributed by atoms with E-state index in [-0.39, 0.29) is 17.7 Å². The Kier molecular flexibility index (Phi) is 5.17. The molecule has 0 saturated carbocycles. The van der Waals surface area contributed by atoms with Gasteiger partial charge >= 0.3 is 0 Å². The summed E-state index contributed by atoms with van der Waals surface area (Å²) in [6, 6.07) is 1.35. The van der Waals surface area contributed by atoms with E-state index in [4.69, 9.17) is 11.6 Å².